The molecule has 0 saturated carbocycles. The fourth-order valence-electron chi connectivity index (χ4n) is 2.75. The Morgan fingerprint density at radius 3 is 1.79 bits per heavy atom. The van der Waals surface area contributed by atoms with E-state index < -0.39 is 0 Å². The van der Waals surface area contributed by atoms with Crippen LogP contribution < -0.4 is 5.32 Å². The van der Waals surface area contributed by atoms with Gasteiger partial charge in [-0.3, -0.25) is 4.99 Å². The van der Waals surface area contributed by atoms with Crippen molar-refractivity contribution in [3.05, 3.63) is 0 Å². The normalized spacial score (nSPS) is 14.5. The molecule has 2 heteroatoms. The standard InChI is InChI=1S/C17H34N2/c1-2-3-4-5-6-7-8-9-10-11-12-13-14-17-18-15-16-19-17/h2-16H2,1H3,(H,18,19). The Bertz CT molecular complexity index is 223. The topological polar surface area (TPSA) is 24.4 Å². The van der Waals surface area contributed by atoms with Crippen LogP contribution in [-0.2, 0) is 0 Å². The Labute approximate surface area is 120 Å². The van der Waals surface area contributed by atoms with Crippen molar-refractivity contribution in [3.63, 3.8) is 0 Å². The molecule has 1 rings (SSSR count). The minimum absolute atomic E-state index is 0.994. The fourth-order valence-corrected chi connectivity index (χ4v) is 2.75. The fraction of sp³-hybridized carbons (Fsp3) is 0.941. The summed E-state index contributed by atoms with van der Waals surface area (Å²) in [5.41, 5.74) is 0. The van der Waals surface area contributed by atoms with Gasteiger partial charge in [0.25, 0.3) is 0 Å². The van der Waals surface area contributed by atoms with Crippen LogP contribution in [0.3, 0.4) is 0 Å². The summed E-state index contributed by atoms with van der Waals surface area (Å²) in [6.45, 7) is 4.34. The number of unbranched alkanes of at least 4 members (excludes halogenated alkanes) is 11. The first kappa shape index (κ1) is 16.5. The van der Waals surface area contributed by atoms with Gasteiger partial charge in [0.05, 0.1) is 12.4 Å². The molecular weight excluding hydrogens is 232 g/mol. The van der Waals surface area contributed by atoms with Crippen LogP contribution in [0.1, 0.15) is 90.4 Å². The van der Waals surface area contributed by atoms with E-state index in [1.807, 2.05) is 0 Å². The molecule has 1 aliphatic rings. The van der Waals surface area contributed by atoms with Crippen LogP contribution in [0.2, 0.25) is 0 Å². The zero-order chi connectivity index (χ0) is 13.6. The Morgan fingerprint density at radius 1 is 0.789 bits per heavy atom. The second-order valence-corrected chi connectivity index (χ2v) is 5.89. The van der Waals surface area contributed by atoms with Gasteiger partial charge in [-0.2, -0.15) is 0 Å². The van der Waals surface area contributed by atoms with Gasteiger partial charge in [-0.1, -0.05) is 77.6 Å². The van der Waals surface area contributed by atoms with Gasteiger partial charge in [-0.25, -0.2) is 0 Å². The molecule has 0 aromatic rings. The average molecular weight is 266 g/mol. The molecule has 0 bridgehead atoms. The Kier molecular flexibility index (Phi) is 10.9. The number of nitrogens with zero attached hydrogens (tertiary/aromatic N) is 1. The van der Waals surface area contributed by atoms with E-state index in [2.05, 4.69) is 17.2 Å². The van der Waals surface area contributed by atoms with E-state index in [1.165, 1.54) is 89.3 Å². The van der Waals surface area contributed by atoms with Gasteiger partial charge in [-0.05, 0) is 6.42 Å². The lowest BCUT2D eigenvalue weighted by molar-refractivity contribution is 0.545. The smallest absolute Gasteiger partial charge is 0.0964 e. The van der Waals surface area contributed by atoms with Gasteiger partial charge in [0.2, 0.25) is 0 Å². The first-order valence-electron chi connectivity index (χ1n) is 8.70. The third kappa shape index (κ3) is 9.98. The Hall–Kier alpha value is -0.530. The average Bonchev–Trinajstić information content (AvgIpc) is 2.93. The zero-order valence-corrected chi connectivity index (χ0v) is 13.1. The summed E-state index contributed by atoms with van der Waals surface area (Å²) in [6.07, 6.45) is 18.3. The lowest BCUT2D eigenvalue weighted by Gasteiger charge is -2.03. The molecule has 19 heavy (non-hydrogen) atoms. The number of hydrogen-bond donors (Lipinski definition) is 1. The summed E-state index contributed by atoms with van der Waals surface area (Å²) in [5.74, 6) is 1.26. The van der Waals surface area contributed by atoms with Crippen LogP contribution in [0.15, 0.2) is 4.99 Å². The summed E-state index contributed by atoms with van der Waals surface area (Å²) in [4.78, 5) is 4.43. The van der Waals surface area contributed by atoms with Crippen LogP contribution in [0.4, 0.5) is 0 Å². The molecule has 0 amide bonds. The molecule has 0 unspecified atom stereocenters. The molecule has 1 heterocycles. The van der Waals surface area contributed by atoms with E-state index >= 15 is 0 Å². The highest BCUT2D eigenvalue weighted by Gasteiger charge is 2.03. The minimum atomic E-state index is 0.994. The predicted molar refractivity (Wildman–Crippen MR) is 86.0 cm³/mol. The van der Waals surface area contributed by atoms with Crippen molar-refractivity contribution in [2.45, 2.75) is 90.4 Å². The molecule has 0 aromatic carbocycles. The van der Waals surface area contributed by atoms with Crippen molar-refractivity contribution in [2.75, 3.05) is 13.1 Å². The van der Waals surface area contributed by atoms with Crippen molar-refractivity contribution in [3.8, 4) is 0 Å². The van der Waals surface area contributed by atoms with E-state index in [4.69, 9.17) is 0 Å². The molecule has 112 valence electrons. The van der Waals surface area contributed by atoms with Crippen LogP contribution in [0, 0.1) is 0 Å². The van der Waals surface area contributed by atoms with E-state index in [-0.39, 0.29) is 0 Å². The maximum atomic E-state index is 4.43. The zero-order valence-electron chi connectivity index (χ0n) is 13.1. The Morgan fingerprint density at radius 2 is 1.32 bits per heavy atom. The van der Waals surface area contributed by atoms with Crippen LogP contribution in [0.25, 0.3) is 0 Å². The molecule has 0 fully saturated rings. The molecule has 1 N–H and O–H groups in total. The second kappa shape index (κ2) is 12.5. The number of hydrogen-bond acceptors (Lipinski definition) is 2. The quantitative estimate of drug-likeness (QED) is 0.462. The minimum Gasteiger partial charge on any atom is -0.372 e. The molecular formula is C17H34N2. The summed E-state index contributed by atoms with van der Waals surface area (Å²) >= 11 is 0. The first-order chi connectivity index (χ1) is 9.43. The number of amidine groups is 1. The highest BCUT2D eigenvalue weighted by Crippen LogP contribution is 2.12. The van der Waals surface area contributed by atoms with Crippen molar-refractivity contribution in [1.82, 2.24) is 5.32 Å². The summed E-state index contributed by atoms with van der Waals surface area (Å²) in [5, 5.41) is 3.35. The van der Waals surface area contributed by atoms with Gasteiger partial charge in [0.15, 0.2) is 0 Å². The third-order valence-electron chi connectivity index (χ3n) is 4.01. The molecule has 0 radical (unpaired) electrons. The van der Waals surface area contributed by atoms with Crippen molar-refractivity contribution in [1.29, 1.82) is 0 Å². The molecule has 2 nitrogen and oxygen atoms in total. The van der Waals surface area contributed by atoms with E-state index in [1.54, 1.807) is 0 Å². The molecule has 0 aromatic heterocycles. The lowest BCUT2D eigenvalue weighted by atomic mass is 10.0. The summed E-state index contributed by atoms with van der Waals surface area (Å²) in [6, 6.07) is 0. The first-order valence-corrected chi connectivity index (χ1v) is 8.70. The number of rotatable bonds is 13. The molecule has 0 aliphatic carbocycles. The van der Waals surface area contributed by atoms with Gasteiger partial charge in [-0.15, -0.1) is 0 Å². The highest BCUT2D eigenvalue weighted by atomic mass is 15.1. The largest absolute Gasteiger partial charge is 0.372 e. The van der Waals surface area contributed by atoms with Crippen molar-refractivity contribution >= 4 is 5.84 Å². The van der Waals surface area contributed by atoms with Crippen LogP contribution >= 0.6 is 0 Å². The number of aliphatic imine (C=N–C) groups is 1. The van der Waals surface area contributed by atoms with Crippen molar-refractivity contribution < 1.29 is 0 Å². The van der Waals surface area contributed by atoms with E-state index in [9.17, 15) is 0 Å². The summed E-state index contributed by atoms with van der Waals surface area (Å²) in [7, 11) is 0. The maximum absolute atomic E-state index is 4.43. The number of nitrogens with one attached hydrogen (secondary N) is 1. The van der Waals surface area contributed by atoms with Gasteiger partial charge < -0.3 is 5.32 Å². The molecule has 0 saturated heterocycles. The lowest BCUT2D eigenvalue weighted by Crippen LogP contribution is -2.17. The van der Waals surface area contributed by atoms with Gasteiger partial charge in [0, 0.05) is 13.0 Å². The third-order valence-corrected chi connectivity index (χ3v) is 4.01. The molecule has 0 atom stereocenters. The van der Waals surface area contributed by atoms with E-state index in [0.717, 1.165) is 13.1 Å². The van der Waals surface area contributed by atoms with Crippen LogP contribution in [-0.4, -0.2) is 18.9 Å². The monoisotopic (exact) mass is 266 g/mol. The maximum Gasteiger partial charge on any atom is 0.0964 e. The van der Waals surface area contributed by atoms with Crippen LogP contribution in [0.5, 0.6) is 0 Å². The van der Waals surface area contributed by atoms with Crippen molar-refractivity contribution in [2.24, 2.45) is 4.99 Å². The predicted octanol–water partition coefficient (Wildman–Crippen LogP) is 5.08. The SMILES string of the molecule is CCCCCCCCCCCCCCC1=NCCN1. The highest BCUT2D eigenvalue weighted by molar-refractivity contribution is 5.83. The van der Waals surface area contributed by atoms with E-state index in [0.29, 0.717) is 0 Å². The Balaban J connectivity index is 1.69. The van der Waals surface area contributed by atoms with Gasteiger partial charge >= 0.3 is 0 Å². The molecule has 1 aliphatic heterocycles. The molecule has 0 spiro atoms. The summed E-state index contributed by atoms with van der Waals surface area (Å²) < 4.78 is 0. The van der Waals surface area contributed by atoms with Gasteiger partial charge in [0.1, 0.15) is 0 Å². The second-order valence-electron chi connectivity index (χ2n) is 5.89.